The summed E-state index contributed by atoms with van der Waals surface area (Å²) in [6.07, 6.45) is 2.26. The molecule has 6 rings (SSSR count). The number of hydrogen-bond acceptors (Lipinski definition) is 6. The predicted octanol–water partition coefficient (Wildman–Crippen LogP) is -1.03. The lowest BCUT2D eigenvalue weighted by Gasteiger charge is -2.55. The van der Waals surface area contributed by atoms with E-state index in [9.17, 15) is 0 Å². The molecule has 0 saturated carbocycles. The number of nitrogens with one attached hydrogen (secondary N) is 2. The maximum absolute atomic E-state index is 8.49. The Bertz CT molecular complexity index is 1030. The fraction of sp³-hybridized carbons (Fsp3) is 0.320. The van der Waals surface area contributed by atoms with Crippen LogP contribution in [0.2, 0.25) is 0 Å². The number of halogens is 1. The van der Waals surface area contributed by atoms with Crippen LogP contribution in [0.5, 0.6) is 0 Å². The van der Waals surface area contributed by atoms with Gasteiger partial charge in [0.05, 0.1) is 11.6 Å². The van der Waals surface area contributed by atoms with E-state index in [4.69, 9.17) is 18.6 Å². The topological polar surface area (TPSA) is 120 Å². The van der Waals surface area contributed by atoms with Gasteiger partial charge in [-0.3, -0.25) is 10.6 Å². The molecule has 0 amide bonds. The Balaban J connectivity index is 0.000000471. The molecule has 33 heavy (non-hydrogen) atoms. The molecule has 1 aliphatic carbocycles. The van der Waals surface area contributed by atoms with Crippen molar-refractivity contribution in [2.24, 2.45) is 0 Å². The lowest BCUT2D eigenvalue weighted by molar-refractivity contribution is -2.00. The van der Waals surface area contributed by atoms with Crippen molar-refractivity contribution in [2.45, 2.75) is 37.4 Å². The second-order valence-electron chi connectivity index (χ2n) is 8.24. The lowest BCUT2D eigenvalue weighted by Crippen LogP contribution is -2.74. The first kappa shape index (κ1) is 23.8. The summed E-state index contributed by atoms with van der Waals surface area (Å²) in [7, 11) is -4.94. The summed E-state index contributed by atoms with van der Waals surface area (Å²) >= 11 is 0. The molecule has 8 heteroatoms. The summed E-state index contributed by atoms with van der Waals surface area (Å²) in [6, 6.07) is 27.0. The highest BCUT2D eigenvalue weighted by Gasteiger charge is 2.63. The Morgan fingerprint density at radius 3 is 1.94 bits per heavy atom. The van der Waals surface area contributed by atoms with Crippen LogP contribution in [0.15, 0.2) is 79.0 Å². The van der Waals surface area contributed by atoms with Gasteiger partial charge in [0.2, 0.25) is 0 Å². The molecule has 1 aromatic heterocycles. The molecular formula is C25H28ClN3O4. The summed E-state index contributed by atoms with van der Waals surface area (Å²) < 4.78 is 36.5. The van der Waals surface area contributed by atoms with E-state index in [0.29, 0.717) is 5.92 Å². The molecule has 3 aliphatic rings. The number of benzene rings is 2. The zero-order chi connectivity index (χ0) is 23.6. The molecule has 0 spiro atoms. The summed E-state index contributed by atoms with van der Waals surface area (Å²) in [6.45, 7) is 6.28. The molecule has 3 unspecified atom stereocenters. The summed E-state index contributed by atoms with van der Waals surface area (Å²) in [5.41, 5.74) is 5.46. The van der Waals surface area contributed by atoms with E-state index in [-0.39, 0.29) is 17.6 Å². The number of likely N-dealkylation sites (N-methyl/N-ethyl adjacent to an activating group) is 2. The van der Waals surface area contributed by atoms with Crippen LogP contribution in [0, 0.1) is 10.2 Å². The second kappa shape index (κ2) is 9.48. The maximum Gasteiger partial charge on any atom is 0.194 e. The highest BCUT2D eigenvalue weighted by Crippen LogP contribution is 2.56. The number of fused-ring (bicyclic) bond motifs is 1. The molecule has 2 N–H and O–H groups in total. The van der Waals surface area contributed by atoms with Gasteiger partial charge < -0.3 is 0 Å². The monoisotopic (exact) mass is 469 g/mol. The minimum atomic E-state index is -4.94. The largest absolute Gasteiger partial charge is 0.298 e. The molecule has 174 valence electrons. The van der Waals surface area contributed by atoms with Crippen molar-refractivity contribution in [3.63, 3.8) is 0 Å². The quantitative estimate of drug-likeness (QED) is 0.364. The van der Waals surface area contributed by atoms with Gasteiger partial charge in [0.15, 0.2) is 17.9 Å². The minimum Gasteiger partial charge on any atom is -0.298 e. The van der Waals surface area contributed by atoms with E-state index in [0.717, 1.165) is 13.1 Å². The van der Waals surface area contributed by atoms with Gasteiger partial charge in [-0.1, -0.05) is 74.5 Å². The fourth-order valence-electron chi connectivity index (χ4n) is 5.74. The van der Waals surface area contributed by atoms with Gasteiger partial charge >= 0.3 is 0 Å². The zero-order valence-electron chi connectivity index (χ0n) is 18.6. The molecular weight excluding hydrogens is 442 g/mol. The first-order chi connectivity index (χ1) is 15.8. The van der Waals surface area contributed by atoms with Crippen LogP contribution in [0.1, 0.15) is 54.1 Å². The molecule has 0 radical (unpaired) electrons. The third-order valence-electron chi connectivity index (χ3n) is 6.50. The van der Waals surface area contributed by atoms with Crippen LogP contribution in [-0.2, 0) is 0 Å². The molecule has 2 aromatic carbocycles. The van der Waals surface area contributed by atoms with Crippen LogP contribution in [0.3, 0.4) is 0 Å². The van der Waals surface area contributed by atoms with Crippen molar-refractivity contribution in [2.75, 3.05) is 13.1 Å². The average Bonchev–Trinajstić information content (AvgIpc) is 2.79. The van der Waals surface area contributed by atoms with Crippen molar-refractivity contribution in [1.29, 1.82) is 0 Å². The first-order valence-electron chi connectivity index (χ1n) is 11.1. The van der Waals surface area contributed by atoms with Crippen molar-refractivity contribution >= 4 is 0 Å². The standard InChI is InChI=1S/C25H28N3.ClHO4/c1-3-26-25(27-4-2)22(18-12-6-5-7-13-18)24-20-15-9-8-14-19(20)23(25)21-16-10-11-17-28(21)24;2-1(3,4)5/h5-17,22-24,26-27H,3-4H2,1-2H3;(H,2,3,4,5)/q+1;/p-1. The molecule has 3 heterocycles. The number of nitrogens with zero attached hydrogens (tertiary/aromatic N) is 1. The highest BCUT2D eigenvalue weighted by molar-refractivity contribution is 5.49. The Kier molecular flexibility index (Phi) is 6.83. The zero-order valence-corrected chi connectivity index (χ0v) is 19.4. The Morgan fingerprint density at radius 1 is 0.788 bits per heavy atom. The normalized spacial score (nSPS) is 22.1. The molecule has 0 fully saturated rings. The molecule has 2 bridgehead atoms. The van der Waals surface area contributed by atoms with Crippen molar-refractivity contribution in [3.05, 3.63) is 101 Å². The SMILES string of the molecule is CCNC1(NCC)C2c3ccccc3C(C1c1ccccc1)[n+]1ccccc12.[O-][Cl+3]([O-])([O-])[O-]. The maximum atomic E-state index is 8.49. The molecule has 3 atom stereocenters. The van der Waals surface area contributed by atoms with Gasteiger partial charge in [-0.15, -0.1) is 10.2 Å². The summed E-state index contributed by atoms with van der Waals surface area (Å²) in [5.74, 6) is 0.549. The lowest BCUT2D eigenvalue weighted by atomic mass is 9.59. The Hall–Kier alpha value is -2.36. The van der Waals surface area contributed by atoms with E-state index in [1.165, 1.54) is 22.4 Å². The van der Waals surface area contributed by atoms with E-state index in [2.05, 4.69) is 108 Å². The smallest absolute Gasteiger partial charge is 0.194 e. The van der Waals surface area contributed by atoms with Crippen LogP contribution >= 0.6 is 0 Å². The minimum absolute atomic E-state index is 0.217. The van der Waals surface area contributed by atoms with E-state index < -0.39 is 10.2 Å². The number of rotatable bonds is 5. The van der Waals surface area contributed by atoms with Gasteiger partial charge in [0.1, 0.15) is 5.92 Å². The average molecular weight is 470 g/mol. The van der Waals surface area contributed by atoms with Crippen molar-refractivity contribution in [3.8, 4) is 0 Å². The van der Waals surface area contributed by atoms with Crippen LogP contribution in [-0.4, -0.2) is 18.8 Å². The van der Waals surface area contributed by atoms with Gasteiger partial charge in [0, 0.05) is 17.7 Å². The number of hydrogen-bond donors (Lipinski definition) is 2. The third-order valence-corrected chi connectivity index (χ3v) is 6.50. The van der Waals surface area contributed by atoms with E-state index in [1.807, 2.05) is 0 Å². The first-order valence-corrected chi connectivity index (χ1v) is 12.3. The van der Waals surface area contributed by atoms with Crippen LogP contribution in [0.4, 0.5) is 0 Å². The molecule has 0 saturated heterocycles. The Morgan fingerprint density at radius 2 is 1.33 bits per heavy atom. The molecule has 3 aromatic rings. The fourth-order valence-corrected chi connectivity index (χ4v) is 5.74. The second-order valence-corrected chi connectivity index (χ2v) is 8.99. The van der Waals surface area contributed by atoms with E-state index >= 15 is 0 Å². The van der Waals surface area contributed by atoms with Crippen molar-refractivity contribution in [1.82, 2.24) is 10.6 Å². The highest BCUT2D eigenvalue weighted by atomic mass is 35.7. The number of aromatic nitrogens is 1. The van der Waals surface area contributed by atoms with Gasteiger partial charge in [-0.05, 0) is 24.2 Å². The number of pyridine rings is 1. The Labute approximate surface area is 196 Å². The molecule has 2 aliphatic heterocycles. The molecule has 7 nitrogen and oxygen atoms in total. The van der Waals surface area contributed by atoms with Crippen LogP contribution in [0.25, 0.3) is 0 Å². The van der Waals surface area contributed by atoms with Crippen molar-refractivity contribution < 1.29 is 33.4 Å². The summed E-state index contributed by atoms with van der Waals surface area (Å²) in [4.78, 5) is 0. The van der Waals surface area contributed by atoms with Crippen LogP contribution < -0.4 is 33.8 Å². The van der Waals surface area contributed by atoms with E-state index in [1.54, 1.807) is 0 Å². The summed E-state index contributed by atoms with van der Waals surface area (Å²) in [5, 5.41) is 7.87. The van der Waals surface area contributed by atoms with Gasteiger partial charge in [0.25, 0.3) is 0 Å². The van der Waals surface area contributed by atoms with Gasteiger partial charge in [-0.2, -0.15) is 4.57 Å². The van der Waals surface area contributed by atoms with Gasteiger partial charge in [-0.25, -0.2) is 18.6 Å². The predicted molar refractivity (Wildman–Crippen MR) is 112 cm³/mol. The third kappa shape index (κ3) is 4.41.